The third-order valence-corrected chi connectivity index (χ3v) is 4.58. The largest absolute Gasteiger partial charge is 0.508 e. The lowest BCUT2D eigenvalue weighted by Gasteiger charge is -2.32. The van der Waals surface area contributed by atoms with E-state index in [1.165, 1.54) is 36.6 Å². The van der Waals surface area contributed by atoms with Crippen LogP contribution < -0.4 is 0 Å². The first-order chi connectivity index (χ1) is 9.78. The van der Waals surface area contributed by atoms with E-state index in [1.54, 1.807) is 0 Å². The predicted molar refractivity (Wildman–Crippen MR) is 83.9 cm³/mol. The summed E-state index contributed by atoms with van der Waals surface area (Å²) in [5, 5.41) is 12.6. The Morgan fingerprint density at radius 2 is 2.05 bits per heavy atom. The molecule has 1 saturated heterocycles. The smallest absolute Gasteiger partial charge is 0.120 e. The lowest BCUT2D eigenvalue weighted by atomic mass is 9.94. The molecule has 2 heteroatoms. The molecular formula is C18H23NO. The van der Waals surface area contributed by atoms with Crippen LogP contribution in [0.4, 0.5) is 0 Å². The molecule has 1 aliphatic heterocycles. The van der Waals surface area contributed by atoms with Crippen molar-refractivity contribution in [2.75, 3.05) is 13.1 Å². The fourth-order valence-electron chi connectivity index (χ4n) is 3.34. The summed E-state index contributed by atoms with van der Waals surface area (Å²) >= 11 is 0. The Hall–Kier alpha value is -1.54. The summed E-state index contributed by atoms with van der Waals surface area (Å²) in [6.07, 6.45) is 3.90. The number of aromatic hydroxyl groups is 1. The number of hydrogen-bond donors (Lipinski definition) is 1. The highest BCUT2D eigenvalue weighted by atomic mass is 16.3. The number of phenols is 1. The summed E-state index contributed by atoms with van der Waals surface area (Å²) in [5.74, 6) is 1.25. The second-order valence-electron chi connectivity index (χ2n) is 5.94. The van der Waals surface area contributed by atoms with Gasteiger partial charge in [-0.25, -0.2) is 0 Å². The molecule has 1 fully saturated rings. The Bertz CT molecular complexity index is 593. The molecule has 0 bridgehead atoms. The standard InChI is InChI=1S/C18H23NO/c1-2-14-6-5-11-19(12-14)13-17-16-8-4-3-7-15(16)9-10-18(17)20/h3-4,7-10,14,20H,2,5-6,11-13H2,1H3. The Morgan fingerprint density at radius 3 is 2.90 bits per heavy atom. The monoisotopic (exact) mass is 269 g/mol. The third-order valence-electron chi connectivity index (χ3n) is 4.58. The van der Waals surface area contributed by atoms with Gasteiger partial charge in [0.05, 0.1) is 0 Å². The Kier molecular flexibility index (Phi) is 3.93. The van der Waals surface area contributed by atoms with Gasteiger partial charge in [0.15, 0.2) is 0 Å². The zero-order valence-corrected chi connectivity index (χ0v) is 12.2. The first-order valence-corrected chi connectivity index (χ1v) is 7.70. The number of fused-ring (bicyclic) bond motifs is 1. The number of phenolic OH excluding ortho intramolecular Hbond substituents is 1. The number of nitrogens with zero attached hydrogens (tertiary/aromatic N) is 1. The van der Waals surface area contributed by atoms with Gasteiger partial charge in [0.2, 0.25) is 0 Å². The van der Waals surface area contributed by atoms with Crippen molar-refractivity contribution in [3.05, 3.63) is 42.0 Å². The van der Waals surface area contributed by atoms with Crippen LogP contribution in [0.1, 0.15) is 31.7 Å². The lowest BCUT2D eigenvalue weighted by molar-refractivity contribution is 0.164. The second kappa shape index (κ2) is 5.84. The fourth-order valence-corrected chi connectivity index (χ4v) is 3.34. The Morgan fingerprint density at radius 1 is 1.20 bits per heavy atom. The zero-order chi connectivity index (χ0) is 13.9. The molecule has 0 spiro atoms. The summed E-state index contributed by atoms with van der Waals surface area (Å²) in [6.45, 7) is 5.46. The lowest BCUT2D eigenvalue weighted by Crippen LogP contribution is -2.34. The van der Waals surface area contributed by atoms with Crippen molar-refractivity contribution in [1.82, 2.24) is 4.90 Å². The van der Waals surface area contributed by atoms with Crippen molar-refractivity contribution in [2.24, 2.45) is 5.92 Å². The molecule has 1 aliphatic rings. The number of rotatable bonds is 3. The van der Waals surface area contributed by atoms with E-state index in [4.69, 9.17) is 0 Å². The molecule has 1 unspecified atom stereocenters. The van der Waals surface area contributed by atoms with Crippen LogP contribution in [-0.4, -0.2) is 23.1 Å². The minimum atomic E-state index is 0.433. The molecular weight excluding hydrogens is 246 g/mol. The third kappa shape index (κ3) is 2.66. The summed E-state index contributed by atoms with van der Waals surface area (Å²) in [5.41, 5.74) is 1.08. The van der Waals surface area contributed by atoms with Gasteiger partial charge in [-0.1, -0.05) is 43.7 Å². The fraction of sp³-hybridized carbons (Fsp3) is 0.444. The van der Waals surface area contributed by atoms with Gasteiger partial charge in [-0.3, -0.25) is 4.90 Å². The average molecular weight is 269 g/mol. The van der Waals surface area contributed by atoms with E-state index in [9.17, 15) is 5.11 Å². The molecule has 0 radical (unpaired) electrons. The molecule has 2 aromatic rings. The van der Waals surface area contributed by atoms with E-state index in [0.29, 0.717) is 5.75 Å². The summed E-state index contributed by atoms with van der Waals surface area (Å²) in [7, 11) is 0. The van der Waals surface area contributed by atoms with Crippen LogP contribution in [0.3, 0.4) is 0 Å². The molecule has 3 rings (SSSR count). The summed E-state index contributed by atoms with van der Waals surface area (Å²) in [6, 6.07) is 12.2. The van der Waals surface area contributed by atoms with E-state index >= 15 is 0 Å². The van der Waals surface area contributed by atoms with Gasteiger partial charge in [0.25, 0.3) is 0 Å². The maximum atomic E-state index is 10.2. The molecule has 0 aromatic heterocycles. The molecule has 2 nitrogen and oxygen atoms in total. The van der Waals surface area contributed by atoms with Gasteiger partial charge in [0.1, 0.15) is 5.75 Å². The van der Waals surface area contributed by atoms with Crippen LogP contribution in [0.2, 0.25) is 0 Å². The predicted octanol–water partition coefficient (Wildman–Crippen LogP) is 4.17. The topological polar surface area (TPSA) is 23.5 Å². The quantitative estimate of drug-likeness (QED) is 0.904. The Balaban J connectivity index is 1.88. The maximum absolute atomic E-state index is 10.2. The van der Waals surface area contributed by atoms with Crippen molar-refractivity contribution >= 4 is 10.8 Å². The number of hydrogen-bond acceptors (Lipinski definition) is 2. The van der Waals surface area contributed by atoms with Crippen molar-refractivity contribution < 1.29 is 5.11 Å². The van der Waals surface area contributed by atoms with Gasteiger partial charge in [-0.2, -0.15) is 0 Å². The zero-order valence-electron chi connectivity index (χ0n) is 12.2. The van der Waals surface area contributed by atoms with Gasteiger partial charge in [-0.15, -0.1) is 0 Å². The molecule has 106 valence electrons. The number of likely N-dealkylation sites (tertiary alicyclic amines) is 1. The molecule has 1 N–H and O–H groups in total. The van der Waals surface area contributed by atoms with Crippen molar-refractivity contribution in [1.29, 1.82) is 0 Å². The number of piperidine rings is 1. The molecule has 2 aromatic carbocycles. The summed E-state index contributed by atoms with van der Waals surface area (Å²) < 4.78 is 0. The maximum Gasteiger partial charge on any atom is 0.120 e. The molecule has 1 heterocycles. The van der Waals surface area contributed by atoms with Crippen LogP contribution in [0.25, 0.3) is 10.8 Å². The normalized spacial score (nSPS) is 20.4. The average Bonchev–Trinajstić information content (AvgIpc) is 2.50. The van der Waals surface area contributed by atoms with Crippen LogP contribution in [-0.2, 0) is 6.54 Å². The van der Waals surface area contributed by atoms with Gasteiger partial charge in [0, 0.05) is 18.7 Å². The van der Waals surface area contributed by atoms with E-state index < -0.39 is 0 Å². The minimum absolute atomic E-state index is 0.433. The van der Waals surface area contributed by atoms with Crippen molar-refractivity contribution in [2.45, 2.75) is 32.7 Å². The molecule has 0 saturated carbocycles. The first-order valence-electron chi connectivity index (χ1n) is 7.70. The van der Waals surface area contributed by atoms with E-state index in [2.05, 4.69) is 36.1 Å². The molecule has 0 amide bonds. The van der Waals surface area contributed by atoms with Crippen LogP contribution in [0.15, 0.2) is 36.4 Å². The molecule has 20 heavy (non-hydrogen) atoms. The Labute approximate surface area is 121 Å². The highest BCUT2D eigenvalue weighted by Crippen LogP contribution is 2.30. The summed E-state index contributed by atoms with van der Waals surface area (Å²) in [4.78, 5) is 2.50. The van der Waals surface area contributed by atoms with Gasteiger partial charge < -0.3 is 5.11 Å². The van der Waals surface area contributed by atoms with E-state index in [0.717, 1.165) is 24.6 Å². The van der Waals surface area contributed by atoms with Gasteiger partial charge in [-0.05, 0) is 42.1 Å². The minimum Gasteiger partial charge on any atom is -0.508 e. The van der Waals surface area contributed by atoms with Gasteiger partial charge >= 0.3 is 0 Å². The van der Waals surface area contributed by atoms with Crippen molar-refractivity contribution in [3.8, 4) is 5.75 Å². The number of benzene rings is 2. The highest BCUT2D eigenvalue weighted by molar-refractivity contribution is 5.87. The van der Waals surface area contributed by atoms with Crippen LogP contribution in [0.5, 0.6) is 5.75 Å². The highest BCUT2D eigenvalue weighted by Gasteiger charge is 2.20. The van der Waals surface area contributed by atoms with E-state index in [-0.39, 0.29) is 0 Å². The molecule has 1 atom stereocenters. The van der Waals surface area contributed by atoms with Crippen molar-refractivity contribution in [3.63, 3.8) is 0 Å². The SMILES string of the molecule is CCC1CCCN(Cc2c(O)ccc3ccccc23)C1. The second-order valence-corrected chi connectivity index (χ2v) is 5.94. The first kappa shape index (κ1) is 13.4. The molecule has 0 aliphatic carbocycles. The van der Waals surface area contributed by atoms with Crippen LogP contribution >= 0.6 is 0 Å². The van der Waals surface area contributed by atoms with E-state index in [1.807, 2.05) is 12.1 Å². The van der Waals surface area contributed by atoms with Crippen LogP contribution in [0, 0.1) is 5.92 Å².